The Morgan fingerprint density at radius 1 is 1.24 bits per heavy atom. The Kier molecular flexibility index (Phi) is 3.60. The Hall–Kier alpha value is -2.36. The lowest BCUT2D eigenvalue weighted by molar-refractivity contribution is 0.0972. The van der Waals surface area contributed by atoms with Gasteiger partial charge in [0.1, 0.15) is 5.82 Å². The monoisotopic (exact) mass is 281 g/mol. The quantitative estimate of drug-likeness (QED) is 0.674. The van der Waals surface area contributed by atoms with Crippen LogP contribution in [-0.4, -0.2) is 19.9 Å². The van der Waals surface area contributed by atoms with E-state index in [1.165, 1.54) is 0 Å². The summed E-state index contributed by atoms with van der Waals surface area (Å²) >= 11 is 0. The van der Waals surface area contributed by atoms with Crippen molar-refractivity contribution >= 4 is 16.8 Å². The highest BCUT2D eigenvalue weighted by atomic mass is 16.1. The van der Waals surface area contributed by atoms with E-state index in [9.17, 15) is 4.79 Å². The highest BCUT2D eigenvalue weighted by Crippen LogP contribution is 2.18. The molecule has 0 saturated carbocycles. The minimum atomic E-state index is 0.121. The molecule has 0 fully saturated rings. The summed E-state index contributed by atoms with van der Waals surface area (Å²) in [5.41, 5.74) is 2.74. The fourth-order valence-electron chi connectivity index (χ4n) is 2.62. The minimum Gasteiger partial charge on any atom is -0.357 e. The van der Waals surface area contributed by atoms with E-state index in [0.29, 0.717) is 6.54 Å². The zero-order valence-corrected chi connectivity index (χ0v) is 12.4. The maximum atomic E-state index is 12.5. The molecule has 0 radical (unpaired) electrons. The molecule has 1 aromatic carbocycles. The molecular weight excluding hydrogens is 262 g/mol. The predicted octanol–water partition coefficient (Wildman–Crippen LogP) is 3.21. The van der Waals surface area contributed by atoms with Crippen molar-refractivity contribution in [1.29, 1.82) is 0 Å². The van der Waals surface area contributed by atoms with Gasteiger partial charge in [0, 0.05) is 31.4 Å². The van der Waals surface area contributed by atoms with Gasteiger partial charge in [0.25, 0.3) is 0 Å². The average Bonchev–Trinajstić information content (AvgIpc) is 3.05. The summed E-state index contributed by atoms with van der Waals surface area (Å²) < 4.78 is 3.94. The van der Waals surface area contributed by atoms with E-state index in [1.54, 1.807) is 0 Å². The molecule has 0 saturated heterocycles. The number of ketones is 1. The Morgan fingerprint density at radius 2 is 2.05 bits per heavy atom. The first-order valence-corrected chi connectivity index (χ1v) is 7.28. The molecule has 0 aliphatic rings. The molecule has 0 aliphatic heterocycles. The third-order valence-electron chi connectivity index (χ3n) is 3.66. The number of hydrogen-bond acceptors (Lipinski definition) is 2. The number of nitrogens with zero attached hydrogens (tertiary/aromatic N) is 3. The van der Waals surface area contributed by atoms with Crippen LogP contribution in [0.3, 0.4) is 0 Å². The van der Waals surface area contributed by atoms with E-state index in [4.69, 9.17) is 0 Å². The third kappa shape index (κ3) is 2.61. The predicted molar refractivity (Wildman–Crippen MR) is 83.5 cm³/mol. The van der Waals surface area contributed by atoms with Crippen molar-refractivity contribution in [3.05, 3.63) is 54.1 Å². The molecule has 108 valence electrons. The van der Waals surface area contributed by atoms with Crippen molar-refractivity contribution in [2.75, 3.05) is 0 Å². The first-order chi connectivity index (χ1) is 10.2. The molecule has 21 heavy (non-hydrogen) atoms. The van der Waals surface area contributed by atoms with E-state index < -0.39 is 0 Å². The van der Waals surface area contributed by atoms with Gasteiger partial charge in [-0.25, -0.2) is 4.98 Å². The van der Waals surface area contributed by atoms with E-state index in [0.717, 1.165) is 35.3 Å². The number of hydrogen-bond donors (Lipinski definition) is 0. The normalized spacial score (nSPS) is 11.1. The number of aromatic nitrogens is 3. The largest absolute Gasteiger partial charge is 0.357 e. The van der Waals surface area contributed by atoms with Gasteiger partial charge in [-0.15, -0.1) is 0 Å². The van der Waals surface area contributed by atoms with Gasteiger partial charge in [-0.2, -0.15) is 0 Å². The van der Waals surface area contributed by atoms with Crippen molar-refractivity contribution in [3.8, 4) is 0 Å². The number of Topliss-reactive ketones (excluding diaryl/α,β-unsaturated/α-hetero) is 1. The first kappa shape index (κ1) is 13.6. The standard InChI is InChI=1S/C17H19N3O/c1-3-6-17-18-14-7-4-5-8-15(14)20(17)12-16(21)13-9-10-19(2)11-13/h4-5,7-11H,3,6,12H2,1-2H3. The number of para-hydroxylation sites is 2. The molecule has 0 aliphatic carbocycles. The summed E-state index contributed by atoms with van der Waals surface area (Å²) in [6.07, 6.45) is 5.66. The third-order valence-corrected chi connectivity index (χ3v) is 3.66. The second-order valence-electron chi connectivity index (χ2n) is 5.34. The van der Waals surface area contributed by atoms with Gasteiger partial charge in [-0.05, 0) is 24.6 Å². The number of rotatable bonds is 5. The maximum Gasteiger partial charge on any atom is 0.184 e. The van der Waals surface area contributed by atoms with Crippen molar-refractivity contribution in [2.24, 2.45) is 7.05 Å². The fourth-order valence-corrected chi connectivity index (χ4v) is 2.62. The Labute approximate surface area is 124 Å². The van der Waals surface area contributed by atoms with Gasteiger partial charge in [-0.1, -0.05) is 19.1 Å². The second-order valence-corrected chi connectivity index (χ2v) is 5.34. The van der Waals surface area contributed by atoms with Crippen LogP contribution in [0.5, 0.6) is 0 Å². The molecule has 3 rings (SSSR count). The average molecular weight is 281 g/mol. The lowest BCUT2D eigenvalue weighted by Gasteiger charge is -2.07. The van der Waals surface area contributed by atoms with Crippen LogP contribution < -0.4 is 0 Å². The van der Waals surface area contributed by atoms with E-state index >= 15 is 0 Å². The highest BCUT2D eigenvalue weighted by Gasteiger charge is 2.14. The zero-order chi connectivity index (χ0) is 14.8. The second kappa shape index (κ2) is 5.56. The summed E-state index contributed by atoms with van der Waals surface area (Å²) in [6.45, 7) is 2.47. The lowest BCUT2D eigenvalue weighted by atomic mass is 10.2. The van der Waals surface area contributed by atoms with E-state index in [-0.39, 0.29) is 5.78 Å². The number of carbonyl (C=O) groups excluding carboxylic acids is 1. The van der Waals surface area contributed by atoms with Crippen LogP contribution in [-0.2, 0) is 20.0 Å². The van der Waals surface area contributed by atoms with Crippen LogP contribution in [0.1, 0.15) is 29.5 Å². The van der Waals surface area contributed by atoms with Crippen molar-refractivity contribution < 1.29 is 4.79 Å². The lowest BCUT2D eigenvalue weighted by Crippen LogP contribution is -2.12. The number of benzene rings is 1. The molecule has 0 atom stereocenters. The Bertz CT molecular complexity index is 782. The van der Waals surface area contributed by atoms with E-state index in [2.05, 4.69) is 11.9 Å². The van der Waals surface area contributed by atoms with Gasteiger partial charge >= 0.3 is 0 Å². The van der Waals surface area contributed by atoms with Crippen LogP contribution in [0.15, 0.2) is 42.7 Å². The topological polar surface area (TPSA) is 39.8 Å². The first-order valence-electron chi connectivity index (χ1n) is 7.28. The van der Waals surface area contributed by atoms with Gasteiger partial charge < -0.3 is 9.13 Å². The van der Waals surface area contributed by atoms with Crippen LogP contribution in [0.2, 0.25) is 0 Å². The molecule has 2 heterocycles. The maximum absolute atomic E-state index is 12.5. The molecule has 0 spiro atoms. The molecule has 2 aromatic heterocycles. The van der Waals surface area contributed by atoms with Gasteiger partial charge in [0.15, 0.2) is 5.78 Å². The van der Waals surface area contributed by atoms with Crippen LogP contribution in [0.4, 0.5) is 0 Å². The smallest absolute Gasteiger partial charge is 0.184 e. The number of imidazole rings is 1. The molecule has 3 aromatic rings. The summed E-state index contributed by atoms with van der Waals surface area (Å²) in [7, 11) is 1.92. The van der Waals surface area contributed by atoms with Crippen molar-refractivity contribution in [2.45, 2.75) is 26.3 Å². The molecule has 4 nitrogen and oxygen atoms in total. The Balaban J connectivity index is 1.98. The molecule has 0 N–H and O–H groups in total. The van der Waals surface area contributed by atoms with Crippen LogP contribution >= 0.6 is 0 Å². The summed E-state index contributed by atoms with van der Waals surface area (Å²) in [6, 6.07) is 9.86. The number of fused-ring (bicyclic) bond motifs is 1. The molecule has 0 bridgehead atoms. The fraction of sp³-hybridized carbons (Fsp3) is 0.294. The van der Waals surface area contributed by atoms with Crippen molar-refractivity contribution in [3.63, 3.8) is 0 Å². The highest BCUT2D eigenvalue weighted by molar-refractivity contribution is 5.96. The minimum absolute atomic E-state index is 0.121. The number of aryl methyl sites for hydroxylation is 2. The number of carbonyl (C=O) groups is 1. The van der Waals surface area contributed by atoms with Crippen LogP contribution in [0, 0.1) is 0 Å². The summed E-state index contributed by atoms with van der Waals surface area (Å²) in [4.78, 5) is 17.1. The van der Waals surface area contributed by atoms with Crippen LogP contribution in [0.25, 0.3) is 11.0 Å². The Morgan fingerprint density at radius 3 is 2.76 bits per heavy atom. The van der Waals surface area contributed by atoms with Gasteiger partial charge in [0.05, 0.1) is 17.6 Å². The summed E-state index contributed by atoms with van der Waals surface area (Å²) in [5, 5.41) is 0. The summed E-state index contributed by atoms with van der Waals surface area (Å²) in [5.74, 6) is 1.11. The zero-order valence-electron chi connectivity index (χ0n) is 12.4. The molecule has 4 heteroatoms. The SMILES string of the molecule is CCCc1nc2ccccc2n1CC(=O)c1ccn(C)c1. The van der Waals surface area contributed by atoms with E-state index in [1.807, 2.05) is 58.9 Å². The van der Waals surface area contributed by atoms with Crippen molar-refractivity contribution in [1.82, 2.24) is 14.1 Å². The molecule has 0 amide bonds. The molecular formula is C17H19N3O. The van der Waals surface area contributed by atoms with Gasteiger partial charge in [0.2, 0.25) is 0 Å². The molecule has 0 unspecified atom stereocenters. The van der Waals surface area contributed by atoms with Gasteiger partial charge in [-0.3, -0.25) is 4.79 Å².